The van der Waals surface area contributed by atoms with Crippen molar-refractivity contribution in [1.29, 1.82) is 0 Å². The van der Waals surface area contributed by atoms with Gasteiger partial charge in [-0.2, -0.15) is 0 Å². The van der Waals surface area contributed by atoms with Crippen LogP contribution in [0.4, 0.5) is 0 Å². The van der Waals surface area contributed by atoms with E-state index >= 15 is 0 Å². The van der Waals surface area contributed by atoms with Crippen molar-refractivity contribution < 1.29 is 5.21 Å². The highest BCUT2D eigenvalue weighted by Crippen LogP contribution is 2.27. The number of rotatable bonds is 1. The Morgan fingerprint density at radius 1 is 1.17 bits per heavy atom. The van der Waals surface area contributed by atoms with E-state index in [2.05, 4.69) is 38.5 Å². The van der Waals surface area contributed by atoms with E-state index in [0.29, 0.717) is 0 Å². The molecule has 0 atom stereocenters. The Bertz CT molecular complexity index is 150. The van der Waals surface area contributed by atoms with Gasteiger partial charge in [0.1, 0.15) is 0 Å². The number of hydroxylamine groups is 1. The van der Waals surface area contributed by atoms with Gasteiger partial charge in [0.25, 0.3) is 0 Å². The first kappa shape index (κ1) is 9.96. The molecule has 0 radical (unpaired) electrons. The Hall–Kier alpha value is -0.120. The molecule has 0 bridgehead atoms. The van der Waals surface area contributed by atoms with E-state index in [1.165, 1.54) is 0 Å². The molecule has 1 rings (SSSR count). The Kier molecular flexibility index (Phi) is 2.47. The van der Waals surface area contributed by atoms with Crippen molar-refractivity contribution in [3.05, 3.63) is 0 Å². The maximum absolute atomic E-state index is 8.88. The minimum absolute atomic E-state index is 0.113. The summed E-state index contributed by atoms with van der Waals surface area (Å²) in [4.78, 5) is 0. The van der Waals surface area contributed by atoms with E-state index in [-0.39, 0.29) is 17.1 Å². The SMILES string of the molecule is CC1(C)CC(NO)CC(C)(C)N1. The maximum atomic E-state index is 8.88. The van der Waals surface area contributed by atoms with Gasteiger partial charge in [0.2, 0.25) is 0 Å². The second-order valence-corrected chi connectivity index (χ2v) is 5.13. The molecule has 72 valence electrons. The summed E-state index contributed by atoms with van der Waals surface area (Å²) in [5.41, 5.74) is 2.60. The van der Waals surface area contributed by atoms with Crippen LogP contribution in [-0.4, -0.2) is 22.3 Å². The topological polar surface area (TPSA) is 44.3 Å². The number of hydrogen-bond acceptors (Lipinski definition) is 3. The van der Waals surface area contributed by atoms with Crippen LogP contribution in [0.5, 0.6) is 0 Å². The molecule has 1 aliphatic heterocycles. The standard InChI is InChI=1S/C9H20N2O/c1-8(2)5-7(10-12)6-9(3,4)11-8/h7,10-12H,5-6H2,1-4H3. The van der Waals surface area contributed by atoms with Crippen LogP contribution in [0.15, 0.2) is 0 Å². The van der Waals surface area contributed by atoms with Crippen molar-refractivity contribution in [2.45, 2.75) is 57.7 Å². The van der Waals surface area contributed by atoms with Crippen LogP contribution in [0.3, 0.4) is 0 Å². The fraction of sp³-hybridized carbons (Fsp3) is 1.00. The predicted molar refractivity (Wildman–Crippen MR) is 49.2 cm³/mol. The molecule has 3 N–H and O–H groups in total. The predicted octanol–water partition coefficient (Wildman–Crippen LogP) is 1.27. The molecule has 3 heteroatoms. The van der Waals surface area contributed by atoms with Gasteiger partial charge in [-0.3, -0.25) is 0 Å². The number of hydrogen-bond donors (Lipinski definition) is 3. The highest BCUT2D eigenvalue weighted by Gasteiger charge is 2.37. The largest absolute Gasteiger partial charge is 0.317 e. The first-order valence-corrected chi connectivity index (χ1v) is 4.54. The zero-order chi connectivity index (χ0) is 9.41. The Morgan fingerprint density at radius 3 is 1.92 bits per heavy atom. The van der Waals surface area contributed by atoms with E-state index in [1.54, 1.807) is 0 Å². The van der Waals surface area contributed by atoms with E-state index in [9.17, 15) is 0 Å². The van der Waals surface area contributed by atoms with E-state index in [0.717, 1.165) is 12.8 Å². The molecule has 0 saturated carbocycles. The van der Waals surface area contributed by atoms with Crippen LogP contribution >= 0.6 is 0 Å². The third-order valence-electron chi connectivity index (χ3n) is 2.37. The monoisotopic (exact) mass is 172 g/mol. The van der Waals surface area contributed by atoms with Crippen molar-refractivity contribution in [1.82, 2.24) is 10.8 Å². The van der Waals surface area contributed by atoms with Crippen molar-refractivity contribution in [2.75, 3.05) is 0 Å². The summed E-state index contributed by atoms with van der Waals surface area (Å²) in [6, 6.07) is 0.219. The minimum atomic E-state index is 0.113. The van der Waals surface area contributed by atoms with Gasteiger partial charge < -0.3 is 10.5 Å². The van der Waals surface area contributed by atoms with Gasteiger partial charge in [0, 0.05) is 17.1 Å². The molecule has 1 aliphatic rings. The van der Waals surface area contributed by atoms with Crippen molar-refractivity contribution in [3.8, 4) is 0 Å². The molecule has 0 unspecified atom stereocenters. The van der Waals surface area contributed by atoms with Crippen LogP contribution < -0.4 is 10.8 Å². The van der Waals surface area contributed by atoms with Gasteiger partial charge in [-0.15, -0.1) is 0 Å². The Balaban J connectivity index is 2.66. The lowest BCUT2D eigenvalue weighted by Gasteiger charge is -2.46. The van der Waals surface area contributed by atoms with Gasteiger partial charge in [0.15, 0.2) is 0 Å². The van der Waals surface area contributed by atoms with Crippen LogP contribution in [0, 0.1) is 0 Å². The summed E-state index contributed by atoms with van der Waals surface area (Å²) >= 11 is 0. The third kappa shape index (κ3) is 2.44. The minimum Gasteiger partial charge on any atom is -0.317 e. The summed E-state index contributed by atoms with van der Waals surface area (Å²) < 4.78 is 0. The molecule has 1 saturated heterocycles. The molecule has 0 aliphatic carbocycles. The van der Waals surface area contributed by atoms with Crippen molar-refractivity contribution >= 4 is 0 Å². The average Bonchev–Trinajstić information content (AvgIpc) is 1.80. The maximum Gasteiger partial charge on any atom is 0.0354 e. The van der Waals surface area contributed by atoms with Crippen molar-refractivity contribution in [2.24, 2.45) is 0 Å². The van der Waals surface area contributed by atoms with E-state index in [1.807, 2.05) is 0 Å². The number of piperidine rings is 1. The number of nitrogens with one attached hydrogen (secondary N) is 2. The highest BCUT2D eigenvalue weighted by atomic mass is 16.5. The summed E-state index contributed by atoms with van der Waals surface area (Å²) in [5, 5.41) is 12.4. The summed E-state index contributed by atoms with van der Waals surface area (Å²) in [6.07, 6.45) is 1.93. The van der Waals surface area contributed by atoms with Crippen LogP contribution in [0.2, 0.25) is 0 Å². The van der Waals surface area contributed by atoms with Gasteiger partial charge in [-0.25, -0.2) is 5.48 Å². The molecule has 0 amide bonds. The van der Waals surface area contributed by atoms with Gasteiger partial charge in [0.05, 0.1) is 0 Å². The molecular formula is C9H20N2O. The first-order chi connectivity index (χ1) is 5.35. The molecule has 0 spiro atoms. The lowest BCUT2D eigenvalue weighted by Crippen LogP contribution is -2.61. The average molecular weight is 172 g/mol. The van der Waals surface area contributed by atoms with Crippen molar-refractivity contribution in [3.63, 3.8) is 0 Å². The third-order valence-corrected chi connectivity index (χ3v) is 2.37. The molecule has 0 aromatic rings. The van der Waals surface area contributed by atoms with E-state index in [4.69, 9.17) is 5.21 Å². The molecule has 12 heavy (non-hydrogen) atoms. The normalized spacial score (nSPS) is 28.8. The van der Waals surface area contributed by atoms with Crippen LogP contribution in [0.25, 0.3) is 0 Å². The molecule has 0 aromatic carbocycles. The van der Waals surface area contributed by atoms with Gasteiger partial charge in [-0.1, -0.05) is 0 Å². The summed E-state index contributed by atoms with van der Waals surface area (Å²) in [5.74, 6) is 0. The Morgan fingerprint density at radius 2 is 1.58 bits per heavy atom. The highest BCUT2D eigenvalue weighted by molar-refractivity contribution is 4.98. The smallest absolute Gasteiger partial charge is 0.0354 e. The first-order valence-electron chi connectivity index (χ1n) is 4.54. The zero-order valence-corrected chi connectivity index (χ0v) is 8.44. The quantitative estimate of drug-likeness (QED) is 0.522. The summed E-state index contributed by atoms with van der Waals surface area (Å²) in [7, 11) is 0. The van der Waals surface area contributed by atoms with Gasteiger partial charge in [-0.05, 0) is 40.5 Å². The molecular weight excluding hydrogens is 152 g/mol. The second-order valence-electron chi connectivity index (χ2n) is 5.13. The molecule has 0 aromatic heterocycles. The molecule has 1 heterocycles. The molecule has 1 fully saturated rings. The lowest BCUT2D eigenvalue weighted by molar-refractivity contribution is 0.0531. The second kappa shape index (κ2) is 2.98. The zero-order valence-electron chi connectivity index (χ0n) is 8.44. The molecule has 3 nitrogen and oxygen atoms in total. The summed E-state index contributed by atoms with van der Waals surface area (Å²) in [6.45, 7) is 8.66. The lowest BCUT2D eigenvalue weighted by atomic mass is 9.80. The van der Waals surface area contributed by atoms with Crippen LogP contribution in [-0.2, 0) is 0 Å². The fourth-order valence-electron chi connectivity index (χ4n) is 2.41. The fourth-order valence-corrected chi connectivity index (χ4v) is 2.41. The van der Waals surface area contributed by atoms with Gasteiger partial charge >= 0.3 is 0 Å². The van der Waals surface area contributed by atoms with Crippen LogP contribution in [0.1, 0.15) is 40.5 Å². The Labute approximate surface area is 74.5 Å². The van der Waals surface area contributed by atoms with E-state index < -0.39 is 0 Å².